The second-order valence-electron chi connectivity index (χ2n) is 6.42. The van der Waals surface area contributed by atoms with E-state index in [-0.39, 0.29) is 11.6 Å². The summed E-state index contributed by atoms with van der Waals surface area (Å²) in [6.45, 7) is 7.58. The van der Waals surface area contributed by atoms with E-state index >= 15 is 0 Å². The number of aryl methyl sites for hydroxylation is 2. The molecule has 1 atom stereocenters. The van der Waals surface area contributed by atoms with Gasteiger partial charge in [-0.2, -0.15) is 4.98 Å². The summed E-state index contributed by atoms with van der Waals surface area (Å²) in [6.07, 6.45) is 0.901. The van der Waals surface area contributed by atoms with Crippen LogP contribution in [0, 0.1) is 13.8 Å². The molecule has 0 saturated heterocycles. The van der Waals surface area contributed by atoms with Gasteiger partial charge in [-0.15, -0.1) is 0 Å². The molecule has 0 spiro atoms. The van der Waals surface area contributed by atoms with Crippen LogP contribution < -0.4 is 17.0 Å². The van der Waals surface area contributed by atoms with Crippen LogP contribution >= 0.6 is 0 Å². The number of aromatic nitrogens is 5. The van der Waals surface area contributed by atoms with Crippen molar-refractivity contribution in [3.63, 3.8) is 0 Å². The van der Waals surface area contributed by atoms with E-state index in [2.05, 4.69) is 23.4 Å². The standard InChI is InChI=1S/C16H22N6O3/c1-6-8(2)21-9(3)10(4)22-12-13(18-15(21)22)19(5)16(25)20(14(12)24)7-11(17)23/h8H,6-7H2,1-5H3,(H2,17,23)/t8-/m1/s1. The van der Waals surface area contributed by atoms with Crippen LogP contribution in [0.3, 0.4) is 0 Å². The highest BCUT2D eigenvalue weighted by molar-refractivity contribution is 5.78. The van der Waals surface area contributed by atoms with Gasteiger partial charge >= 0.3 is 5.69 Å². The van der Waals surface area contributed by atoms with E-state index in [1.807, 2.05) is 13.8 Å². The van der Waals surface area contributed by atoms with Crippen LogP contribution in [0.5, 0.6) is 0 Å². The number of hydrogen-bond donors (Lipinski definition) is 1. The molecule has 0 aliphatic heterocycles. The molecule has 25 heavy (non-hydrogen) atoms. The van der Waals surface area contributed by atoms with Crippen molar-refractivity contribution in [2.45, 2.75) is 46.7 Å². The first-order chi connectivity index (χ1) is 11.7. The molecular weight excluding hydrogens is 324 g/mol. The number of nitrogens with zero attached hydrogens (tertiary/aromatic N) is 5. The molecule has 0 radical (unpaired) electrons. The Bertz CT molecular complexity index is 1130. The van der Waals surface area contributed by atoms with Crippen molar-refractivity contribution in [2.75, 3.05) is 0 Å². The number of carbonyl (C=O) groups is 1. The van der Waals surface area contributed by atoms with Crippen molar-refractivity contribution >= 4 is 22.8 Å². The molecule has 3 rings (SSSR count). The molecule has 134 valence electrons. The smallest absolute Gasteiger partial charge is 0.332 e. The van der Waals surface area contributed by atoms with E-state index < -0.39 is 23.7 Å². The van der Waals surface area contributed by atoms with Crippen LogP contribution in [0.1, 0.15) is 37.7 Å². The minimum atomic E-state index is -0.746. The number of fused-ring (bicyclic) bond motifs is 3. The van der Waals surface area contributed by atoms with Crippen LogP contribution in [-0.2, 0) is 18.4 Å². The molecule has 3 aromatic heterocycles. The Morgan fingerprint density at radius 1 is 1.24 bits per heavy atom. The molecule has 2 N–H and O–H groups in total. The monoisotopic (exact) mass is 346 g/mol. The third-order valence-electron chi connectivity index (χ3n) is 4.91. The molecular formula is C16H22N6O3. The number of rotatable bonds is 4. The van der Waals surface area contributed by atoms with Gasteiger partial charge in [0.05, 0.1) is 0 Å². The van der Waals surface area contributed by atoms with Crippen molar-refractivity contribution in [3.8, 4) is 0 Å². The van der Waals surface area contributed by atoms with Gasteiger partial charge in [0.1, 0.15) is 6.54 Å². The van der Waals surface area contributed by atoms with Gasteiger partial charge in [0, 0.05) is 24.5 Å². The van der Waals surface area contributed by atoms with Gasteiger partial charge in [-0.3, -0.25) is 18.6 Å². The Morgan fingerprint density at radius 2 is 1.88 bits per heavy atom. The van der Waals surface area contributed by atoms with Crippen molar-refractivity contribution in [3.05, 3.63) is 32.2 Å². The lowest BCUT2D eigenvalue weighted by atomic mass is 10.2. The van der Waals surface area contributed by atoms with E-state index in [1.54, 1.807) is 4.40 Å². The fourth-order valence-electron chi connectivity index (χ4n) is 3.28. The van der Waals surface area contributed by atoms with Gasteiger partial charge in [-0.25, -0.2) is 9.36 Å². The maximum atomic E-state index is 12.9. The lowest BCUT2D eigenvalue weighted by Gasteiger charge is -2.13. The highest BCUT2D eigenvalue weighted by Gasteiger charge is 2.24. The molecule has 0 aliphatic carbocycles. The number of carbonyl (C=O) groups excluding carboxylic acids is 1. The fourth-order valence-corrected chi connectivity index (χ4v) is 3.28. The van der Waals surface area contributed by atoms with Gasteiger partial charge in [-0.05, 0) is 27.2 Å². The number of primary amides is 1. The highest BCUT2D eigenvalue weighted by Crippen LogP contribution is 2.25. The summed E-state index contributed by atoms with van der Waals surface area (Å²) in [5.41, 5.74) is 6.47. The lowest BCUT2D eigenvalue weighted by Crippen LogP contribution is -2.42. The van der Waals surface area contributed by atoms with Gasteiger partial charge in [-0.1, -0.05) is 6.92 Å². The van der Waals surface area contributed by atoms with E-state index in [9.17, 15) is 14.4 Å². The Hall–Kier alpha value is -2.84. The summed E-state index contributed by atoms with van der Waals surface area (Å²) < 4.78 is 5.96. The first-order valence-corrected chi connectivity index (χ1v) is 8.18. The minimum absolute atomic E-state index is 0.192. The van der Waals surface area contributed by atoms with E-state index in [0.717, 1.165) is 22.4 Å². The van der Waals surface area contributed by atoms with Crippen molar-refractivity contribution < 1.29 is 4.79 Å². The van der Waals surface area contributed by atoms with E-state index in [1.165, 1.54) is 11.6 Å². The zero-order valence-corrected chi connectivity index (χ0v) is 15.0. The average molecular weight is 346 g/mol. The van der Waals surface area contributed by atoms with Gasteiger partial charge < -0.3 is 10.3 Å². The number of nitrogens with two attached hydrogens (primary N) is 1. The zero-order valence-electron chi connectivity index (χ0n) is 15.0. The third kappa shape index (κ3) is 2.22. The summed E-state index contributed by atoms with van der Waals surface area (Å²) in [4.78, 5) is 41.2. The summed E-state index contributed by atoms with van der Waals surface area (Å²) in [7, 11) is 1.53. The summed E-state index contributed by atoms with van der Waals surface area (Å²) in [6, 6.07) is 0.192. The maximum absolute atomic E-state index is 12.9. The van der Waals surface area contributed by atoms with Gasteiger partial charge in [0.2, 0.25) is 11.7 Å². The first kappa shape index (κ1) is 17.0. The molecule has 0 aromatic carbocycles. The molecule has 0 fully saturated rings. The second kappa shape index (κ2) is 5.61. The SMILES string of the molecule is CC[C@@H](C)n1c(C)c(C)n2c3c(=O)n(CC(N)=O)c(=O)n(C)c3nc12. The first-order valence-electron chi connectivity index (χ1n) is 8.18. The number of imidazole rings is 2. The van der Waals surface area contributed by atoms with E-state index in [0.29, 0.717) is 11.4 Å². The van der Waals surface area contributed by atoms with Gasteiger partial charge in [0.15, 0.2) is 11.2 Å². The molecule has 3 aromatic rings. The predicted molar refractivity (Wildman–Crippen MR) is 93.9 cm³/mol. The average Bonchev–Trinajstić information content (AvgIpc) is 3.05. The van der Waals surface area contributed by atoms with Crippen molar-refractivity contribution in [1.82, 2.24) is 23.1 Å². The molecule has 9 nitrogen and oxygen atoms in total. The van der Waals surface area contributed by atoms with Crippen LogP contribution in [0.2, 0.25) is 0 Å². The molecule has 0 bridgehead atoms. The molecule has 0 saturated carbocycles. The molecule has 9 heteroatoms. The highest BCUT2D eigenvalue weighted by atomic mass is 16.2. The molecule has 0 aliphatic rings. The summed E-state index contributed by atoms with van der Waals surface area (Å²) >= 11 is 0. The van der Waals surface area contributed by atoms with Crippen molar-refractivity contribution in [2.24, 2.45) is 12.8 Å². The topological polar surface area (TPSA) is 109 Å². The quantitative estimate of drug-likeness (QED) is 0.729. The largest absolute Gasteiger partial charge is 0.368 e. The Morgan fingerprint density at radius 3 is 2.44 bits per heavy atom. The Kier molecular flexibility index (Phi) is 3.81. The van der Waals surface area contributed by atoms with Gasteiger partial charge in [0.25, 0.3) is 5.56 Å². The Labute approximate surface area is 143 Å². The summed E-state index contributed by atoms with van der Waals surface area (Å²) in [5.74, 6) is -0.132. The minimum Gasteiger partial charge on any atom is -0.368 e. The zero-order chi connectivity index (χ0) is 18.6. The third-order valence-corrected chi connectivity index (χ3v) is 4.91. The van der Waals surface area contributed by atoms with Crippen LogP contribution in [-0.4, -0.2) is 29.0 Å². The predicted octanol–water partition coefficient (Wildman–Crippen LogP) is 0.223. The molecule has 0 unspecified atom stereocenters. The molecule has 1 amide bonds. The van der Waals surface area contributed by atoms with Crippen LogP contribution in [0.25, 0.3) is 16.9 Å². The van der Waals surface area contributed by atoms with Crippen molar-refractivity contribution in [1.29, 1.82) is 0 Å². The van der Waals surface area contributed by atoms with Crippen LogP contribution in [0.15, 0.2) is 9.59 Å². The number of amides is 1. The lowest BCUT2D eigenvalue weighted by molar-refractivity contribution is -0.118. The molecule has 3 heterocycles. The second-order valence-corrected chi connectivity index (χ2v) is 6.42. The fraction of sp³-hybridized carbons (Fsp3) is 0.500. The maximum Gasteiger partial charge on any atom is 0.332 e. The summed E-state index contributed by atoms with van der Waals surface area (Å²) in [5, 5.41) is 0. The number of hydrogen-bond acceptors (Lipinski definition) is 4. The van der Waals surface area contributed by atoms with E-state index in [4.69, 9.17) is 5.73 Å². The normalized spacial score (nSPS) is 13.0. The Balaban J connectivity index is 2.55. The van der Waals surface area contributed by atoms with Crippen LogP contribution in [0.4, 0.5) is 0 Å².